The highest BCUT2D eigenvalue weighted by atomic mass is 16.6. The summed E-state index contributed by atoms with van der Waals surface area (Å²) in [4.78, 5) is 10.4. The number of rotatable bonds is 8. The van der Waals surface area contributed by atoms with Crippen LogP contribution in [-0.4, -0.2) is 42.4 Å². The molecule has 0 heterocycles. The third-order valence-electron chi connectivity index (χ3n) is 2.66. The van der Waals surface area contributed by atoms with Gasteiger partial charge in [0.1, 0.15) is 18.0 Å². The molecule has 0 spiro atoms. The second-order valence-electron chi connectivity index (χ2n) is 4.66. The molecular formula is C13H20N2O5. The highest BCUT2D eigenvalue weighted by Crippen LogP contribution is 2.31. The number of nitrogens with one attached hydrogen (secondary N) is 1. The van der Waals surface area contributed by atoms with Gasteiger partial charge in [0.05, 0.1) is 12.0 Å². The number of hydrogen-bond acceptors (Lipinski definition) is 6. The molecule has 7 nitrogen and oxygen atoms in total. The van der Waals surface area contributed by atoms with E-state index in [0.29, 0.717) is 12.3 Å². The number of nitrogens with zero attached hydrogens (tertiary/aromatic N) is 1. The molecule has 20 heavy (non-hydrogen) atoms. The number of likely N-dealkylation sites (N-methyl/N-ethyl adjacent to an activating group) is 1. The number of aliphatic hydroxyl groups is 1. The van der Waals surface area contributed by atoms with Crippen molar-refractivity contribution in [2.75, 3.05) is 26.8 Å². The highest BCUT2D eigenvalue weighted by molar-refractivity contribution is 5.50. The van der Waals surface area contributed by atoms with Crippen LogP contribution < -0.4 is 14.8 Å². The number of ether oxygens (including phenoxy) is 2. The normalized spacial score (nSPS) is 13.6. The zero-order chi connectivity index (χ0) is 15.2. The molecule has 0 aliphatic carbocycles. The molecule has 0 fully saturated rings. The van der Waals surface area contributed by atoms with Gasteiger partial charge >= 0.3 is 5.69 Å². The maximum atomic E-state index is 10.9. The first kappa shape index (κ1) is 16.2. The summed E-state index contributed by atoms with van der Waals surface area (Å²) in [5.74, 6) is 0.531. The molecule has 0 radical (unpaired) electrons. The van der Waals surface area contributed by atoms with Crippen molar-refractivity contribution in [2.24, 2.45) is 0 Å². The minimum atomic E-state index is -1.12. The molecule has 7 heteroatoms. The molecule has 0 amide bonds. The fourth-order valence-corrected chi connectivity index (χ4v) is 1.57. The predicted octanol–water partition coefficient (Wildman–Crippen LogP) is 1.34. The van der Waals surface area contributed by atoms with Gasteiger partial charge in [-0.25, -0.2) is 0 Å². The summed E-state index contributed by atoms with van der Waals surface area (Å²) in [6.07, 6.45) is 0. The number of methoxy groups -OCH3 is 1. The molecule has 0 bridgehead atoms. The number of nitro benzene ring substituents is 1. The van der Waals surface area contributed by atoms with Crippen molar-refractivity contribution in [3.05, 3.63) is 28.3 Å². The minimum Gasteiger partial charge on any atom is -0.497 e. The topological polar surface area (TPSA) is 93.9 Å². The van der Waals surface area contributed by atoms with Gasteiger partial charge in [-0.15, -0.1) is 0 Å². The van der Waals surface area contributed by atoms with Gasteiger partial charge in [0, 0.05) is 18.7 Å². The second-order valence-corrected chi connectivity index (χ2v) is 4.66. The van der Waals surface area contributed by atoms with Crippen molar-refractivity contribution in [1.29, 1.82) is 0 Å². The summed E-state index contributed by atoms with van der Waals surface area (Å²) in [5.41, 5.74) is -1.28. The molecule has 112 valence electrons. The maximum Gasteiger partial charge on any atom is 0.311 e. The monoisotopic (exact) mass is 284 g/mol. The fourth-order valence-electron chi connectivity index (χ4n) is 1.57. The summed E-state index contributed by atoms with van der Waals surface area (Å²) in [7, 11) is 1.46. The second kappa shape index (κ2) is 7.06. The average Bonchev–Trinajstić information content (AvgIpc) is 2.42. The Hall–Kier alpha value is -1.86. The van der Waals surface area contributed by atoms with E-state index in [2.05, 4.69) is 5.32 Å². The molecule has 0 aliphatic rings. The summed E-state index contributed by atoms with van der Waals surface area (Å²) in [6, 6.07) is 4.23. The molecule has 0 aliphatic heterocycles. The Morgan fingerprint density at radius 2 is 2.20 bits per heavy atom. The lowest BCUT2D eigenvalue weighted by molar-refractivity contribution is -0.386. The zero-order valence-corrected chi connectivity index (χ0v) is 11.9. The quantitative estimate of drug-likeness (QED) is 0.552. The molecule has 1 atom stereocenters. The Morgan fingerprint density at radius 3 is 2.75 bits per heavy atom. The van der Waals surface area contributed by atoms with Crippen molar-refractivity contribution >= 4 is 5.69 Å². The third-order valence-corrected chi connectivity index (χ3v) is 2.66. The number of nitro groups is 1. The van der Waals surface area contributed by atoms with E-state index in [1.54, 1.807) is 6.92 Å². The van der Waals surface area contributed by atoms with Gasteiger partial charge in [-0.3, -0.25) is 10.1 Å². The van der Waals surface area contributed by atoms with Crippen LogP contribution in [0.1, 0.15) is 13.8 Å². The van der Waals surface area contributed by atoms with E-state index in [4.69, 9.17) is 9.47 Å². The van der Waals surface area contributed by atoms with E-state index in [1.807, 2.05) is 6.92 Å². The van der Waals surface area contributed by atoms with Gasteiger partial charge in [-0.2, -0.15) is 0 Å². The Labute approximate surface area is 117 Å². The zero-order valence-electron chi connectivity index (χ0n) is 11.9. The number of hydrogen-bond donors (Lipinski definition) is 2. The lowest BCUT2D eigenvalue weighted by atomic mass is 10.1. The van der Waals surface area contributed by atoms with Gasteiger partial charge in [-0.1, -0.05) is 6.92 Å². The first-order chi connectivity index (χ1) is 9.39. The molecule has 0 saturated heterocycles. The fraction of sp³-hybridized carbons (Fsp3) is 0.538. The average molecular weight is 284 g/mol. The van der Waals surface area contributed by atoms with Crippen LogP contribution in [0.25, 0.3) is 0 Å². The molecular weight excluding hydrogens is 264 g/mol. The van der Waals surface area contributed by atoms with Crippen molar-refractivity contribution in [1.82, 2.24) is 5.32 Å². The highest BCUT2D eigenvalue weighted by Gasteiger charge is 2.23. The van der Waals surface area contributed by atoms with Crippen LogP contribution in [0, 0.1) is 10.1 Å². The molecule has 0 saturated carbocycles. The van der Waals surface area contributed by atoms with E-state index in [0.717, 1.165) is 6.54 Å². The van der Waals surface area contributed by atoms with Gasteiger partial charge in [0.2, 0.25) is 5.75 Å². The van der Waals surface area contributed by atoms with Crippen molar-refractivity contribution in [3.8, 4) is 11.5 Å². The smallest absolute Gasteiger partial charge is 0.311 e. The van der Waals surface area contributed by atoms with Crippen molar-refractivity contribution in [3.63, 3.8) is 0 Å². The van der Waals surface area contributed by atoms with Crippen LogP contribution in [0.5, 0.6) is 11.5 Å². The Morgan fingerprint density at radius 1 is 1.50 bits per heavy atom. The summed E-state index contributed by atoms with van der Waals surface area (Å²) < 4.78 is 10.4. The van der Waals surface area contributed by atoms with Crippen LogP contribution in [0.3, 0.4) is 0 Å². The summed E-state index contributed by atoms with van der Waals surface area (Å²) >= 11 is 0. The predicted molar refractivity (Wildman–Crippen MR) is 74.3 cm³/mol. The van der Waals surface area contributed by atoms with E-state index < -0.39 is 10.5 Å². The largest absolute Gasteiger partial charge is 0.497 e. The van der Waals surface area contributed by atoms with Gasteiger partial charge < -0.3 is 19.9 Å². The Kier molecular flexibility index (Phi) is 5.72. The third kappa shape index (κ3) is 4.67. The summed E-state index contributed by atoms with van der Waals surface area (Å²) in [6.45, 7) is 4.51. The van der Waals surface area contributed by atoms with E-state index in [9.17, 15) is 15.2 Å². The van der Waals surface area contributed by atoms with Crippen LogP contribution in [0.2, 0.25) is 0 Å². The van der Waals surface area contributed by atoms with Crippen LogP contribution in [0.15, 0.2) is 18.2 Å². The van der Waals surface area contributed by atoms with Gasteiger partial charge in [0.15, 0.2) is 0 Å². The van der Waals surface area contributed by atoms with Gasteiger partial charge in [-0.05, 0) is 19.5 Å². The molecule has 2 N–H and O–H groups in total. The molecule has 1 unspecified atom stereocenters. The Bertz CT molecular complexity index is 462. The summed E-state index contributed by atoms with van der Waals surface area (Å²) in [5, 5.41) is 24.0. The standard InChI is InChI=1S/C13H20N2O5/c1-4-14-8-13(2,16)9-20-12-7-10(19-3)5-6-11(12)15(17)18/h5-7,14,16H,4,8-9H2,1-3H3. The van der Waals surface area contributed by atoms with E-state index in [-0.39, 0.29) is 18.0 Å². The molecule has 1 aromatic rings. The van der Waals surface area contributed by atoms with Crippen molar-refractivity contribution in [2.45, 2.75) is 19.4 Å². The minimum absolute atomic E-state index is 0.0615. The number of benzene rings is 1. The maximum absolute atomic E-state index is 10.9. The molecule has 1 aromatic carbocycles. The molecule has 0 aromatic heterocycles. The van der Waals surface area contributed by atoms with Crippen LogP contribution >= 0.6 is 0 Å². The SMILES string of the molecule is CCNCC(C)(O)COc1cc(OC)ccc1[N+](=O)[O-]. The first-order valence-corrected chi connectivity index (χ1v) is 6.28. The van der Waals surface area contributed by atoms with E-state index in [1.165, 1.54) is 25.3 Å². The van der Waals surface area contributed by atoms with E-state index >= 15 is 0 Å². The van der Waals surface area contributed by atoms with Crippen molar-refractivity contribution < 1.29 is 19.5 Å². The lowest BCUT2D eigenvalue weighted by Crippen LogP contribution is -2.42. The lowest BCUT2D eigenvalue weighted by Gasteiger charge is -2.23. The van der Waals surface area contributed by atoms with Crippen LogP contribution in [-0.2, 0) is 0 Å². The molecule has 1 rings (SSSR count). The van der Waals surface area contributed by atoms with Crippen LogP contribution in [0.4, 0.5) is 5.69 Å². The Balaban J connectivity index is 2.82. The van der Waals surface area contributed by atoms with Gasteiger partial charge in [0.25, 0.3) is 0 Å². The first-order valence-electron chi connectivity index (χ1n) is 6.28.